The molecule has 1 fully saturated rings. The second-order valence-corrected chi connectivity index (χ2v) is 32.1. The largest absolute Gasteiger partial charge is 0.508 e. The third kappa shape index (κ3) is 36.7. The number of unbranched alkanes of at least 4 members (excludes halogenated alkanes) is 3. The number of amides is 14. The van der Waals surface area contributed by atoms with Crippen molar-refractivity contribution in [1.82, 2.24) is 68.7 Å². The number of benzene rings is 2. The Balaban J connectivity index is 1.96. The highest BCUT2D eigenvalue weighted by Gasteiger charge is 2.43. The Bertz CT molecular complexity index is 3570. The van der Waals surface area contributed by atoms with Crippen molar-refractivity contribution in [2.45, 2.75) is 269 Å². The van der Waals surface area contributed by atoms with Gasteiger partial charge in [0.05, 0.1) is 12.1 Å². The number of primary amides is 1. The highest BCUT2D eigenvalue weighted by atomic mass is 32.1. The summed E-state index contributed by atoms with van der Waals surface area (Å²) >= 11 is 8.27. The maximum Gasteiger partial charge on any atom is 0.327 e. The van der Waals surface area contributed by atoms with Gasteiger partial charge in [0.1, 0.15) is 84.3 Å². The summed E-state index contributed by atoms with van der Waals surface area (Å²) in [6.07, 6.45) is 0.354. The molecule has 1 aliphatic heterocycles. The van der Waals surface area contributed by atoms with Crippen molar-refractivity contribution in [2.75, 3.05) is 37.7 Å². The summed E-state index contributed by atoms with van der Waals surface area (Å²) in [5.41, 5.74) is 30.0. The number of carboxylic acids is 1. The third-order valence-electron chi connectivity index (χ3n) is 19.5. The number of hydrogen-bond acceptors (Lipinski definition) is 23. The van der Waals surface area contributed by atoms with Crippen LogP contribution in [0.1, 0.15) is 176 Å². The van der Waals surface area contributed by atoms with Gasteiger partial charge in [0.25, 0.3) is 0 Å². The second-order valence-electron chi connectivity index (χ2n) is 31.4. The molecule has 0 bridgehead atoms. The zero-order valence-corrected chi connectivity index (χ0v) is 70.6. The molecular formula is C79H130N18O18S2. The number of rotatable bonds is 55. The van der Waals surface area contributed by atoms with E-state index in [-0.39, 0.29) is 125 Å². The molecule has 0 aliphatic carbocycles. The first kappa shape index (κ1) is 102. The number of carbonyl (C=O) groups excluding carboxylic acids is 14. The topological polar surface area (TPSA) is 594 Å². The number of nitrogens with two attached hydrogens (primary N) is 5. The van der Waals surface area contributed by atoms with Crippen molar-refractivity contribution in [2.24, 2.45) is 52.3 Å². The Kier molecular flexibility index (Phi) is 46.4. The maximum atomic E-state index is 15.0. The number of nitrogens with one attached hydrogen (secondary N) is 12. The molecule has 25 N–H and O–H groups in total. The Morgan fingerprint density at radius 1 is 0.436 bits per heavy atom. The zero-order valence-electron chi connectivity index (χ0n) is 68.8. The van der Waals surface area contributed by atoms with Crippen molar-refractivity contribution in [3.8, 4) is 5.75 Å². The molecular weight excluding hydrogens is 1550 g/mol. The number of aliphatic hydroxyl groups excluding tert-OH is 1. The van der Waals surface area contributed by atoms with Crippen LogP contribution in [0.25, 0.3) is 0 Å². The van der Waals surface area contributed by atoms with E-state index in [1.165, 1.54) is 36.1 Å². The molecule has 656 valence electrons. The van der Waals surface area contributed by atoms with Crippen molar-refractivity contribution < 1.29 is 87.2 Å². The predicted octanol–water partition coefficient (Wildman–Crippen LogP) is -1.91. The van der Waals surface area contributed by atoms with E-state index >= 15 is 4.79 Å². The number of carboxylic acid groups (broad SMARTS) is 1. The van der Waals surface area contributed by atoms with Gasteiger partial charge in [0.2, 0.25) is 82.7 Å². The molecule has 14 amide bonds. The molecule has 38 heteroatoms. The summed E-state index contributed by atoms with van der Waals surface area (Å²) in [7, 11) is 0. The van der Waals surface area contributed by atoms with Gasteiger partial charge in [-0.1, -0.05) is 97.9 Å². The summed E-state index contributed by atoms with van der Waals surface area (Å²) < 4.78 is 0. The first-order valence-electron chi connectivity index (χ1n) is 40.3. The van der Waals surface area contributed by atoms with E-state index in [1.54, 1.807) is 71.9 Å². The summed E-state index contributed by atoms with van der Waals surface area (Å²) in [5, 5.41) is 62.1. The molecule has 36 nitrogen and oxygen atoms in total. The van der Waals surface area contributed by atoms with Gasteiger partial charge in [0, 0.05) is 37.3 Å². The van der Waals surface area contributed by atoms with Crippen LogP contribution in [0, 0.1) is 23.7 Å². The molecule has 15 atom stereocenters. The number of nitrogens with zero attached hydrogens (tertiary/aromatic N) is 1. The van der Waals surface area contributed by atoms with E-state index < -0.39 is 192 Å². The van der Waals surface area contributed by atoms with Crippen LogP contribution in [-0.2, 0) is 84.8 Å². The molecule has 117 heavy (non-hydrogen) atoms. The minimum Gasteiger partial charge on any atom is -0.508 e. The van der Waals surface area contributed by atoms with Crippen LogP contribution in [0.2, 0.25) is 0 Å². The maximum absolute atomic E-state index is 15.0. The van der Waals surface area contributed by atoms with Crippen LogP contribution in [0.4, 0.5) is 0 Å². The Hall–Kier alpha value is -9.21. The Morgan fingerprint density at radius 2 is 0.803 bits per heavy atom. The molecule has 0 unspecified atom stereocenters. The molecule has 0 aromatic heterocycles. The summed E-state index contributed by atoms with van der Waals surface area (Å²) in [4.78, 5) is 212. The fourth-order valence-electron chi connectivity index (χ4n) is 13.0. The molecule has 0 spiro atoms. The molecule has 2 aromatic carbocycles. The van der Waals surface area contributed by atoms with Crippen LogP contribution in [0.15, 0.2) is 54.6 Å². The molecule has 1 saturated heterocycles. The minimum absolute atomic E-state index is 0.0103. The van der Waals surface area contributed by atoms with Gasteiger partial charge in [-0.2, -0.15) is 25.3 Å². The monoisotopic (exact) mass is 1680 g/mol. The number of hydrogen-bond donors (Lipinski definition) is 22. The lowest BCUT2D eigenvalue weighted by molar-refractivity contribution is -0.143. The highest BCUT2D eigenvalue weighted by Crippen LogP contribution is 2.23. The average Bonchev–Trinajstić information content (AvgIpc) is 1.73. The number of phenolic OH excluding ortho intramolecular Hbond substituents is 1. The van der Waals surface area contributed by atoms with Gasteiger partial charge in [-0.15, -0.1) is 0 Å². The molecule has 1 aliphatic rings. The molecule has 2 aromatic rings. The molecule has 1 heterocycles. The summed E-state index contributed by atoms with van der Waals surface area (Å²) in [6, 6.07) is -5.00. The van der Waals surface area contributed by atoms with Crippen molar-refractivity contribution in [3.63, 3.8) is 0 Å². The summed E-state index contributed by atoms with van der Waals surface area (Å²) in [6.45, 7) is 16.2. The van der Waals surface area contributed by atoms with E-state index in [2.05, 4.69) is 89.1 Å². The van der Waals surface area contributed by atoms with Crippen molar-refractivity contribution >= 4 is 114 Å². The third-order valence-corrected chi connectivity index (χ3v) is 20.2. The molecule has 3 rings (SSSR count). The lowest BCUT2D eigenvalue weighted by Crippen LogP contribution is -2.62. The van der Waals surface area contributed by atoms with Gasteiger partial charge in [-0.25, -0.2) is 4.79 Å². The lowest BCUT2D eigenvalue weighted by atomic mass is 9.98. The van der Waals surface area contributed by atoms with E-state index in [0.29, 0.717) is 56.2 Å². The van der Waals surface area contributed by atoms with Crippen molar-refractivity contribution in [1.29, 1.82) is 0 Å². The van der Waals surface area contributed by atoms with Crippen LogP contribution in [-0.4, -0.2) is 237 Å². The number of aromatic hydroxyl groups is 1. The fourth-order valence-corrected chi connectivity index (χ4v) is 13.5. The Labute approximate surface area is 696 Å². The van der Waals surface area contributed by atoms with Gasteiger partial charge < -0.3 is 113 Å². The SMILES string of the molecule is CC(C)C[C@H](NC(=O)[C@H](CCCCN)NC(=O)[C@H](CCC(N)=O)NC(=O)[C@H](CS)NC(=O)[C@H](CCCCN)NC(=O)[C@@H](N)CC(C)C)C(=O)N[C@H](C(=O)N1CCC[C@H]1C(=O)N[C@@H](CC(C)C)C(=O)N[C@@H](Cc1ccccc1)C(=O)N[C@@H](Cc1ccc(O)cc1)C(=O)N[C@@H](CCCCN)C(=O)N[C@H](C(=O)N[C@@H](CS)C(=O)O)[C@@H](C)O)C(C)C. The predicted molar refractivity (Wildman–Crippen MR) is 445 cm³/mol. The number of aliphatic hydroxyl groups is 1. The lowest BCUT2D eigenvalue weighted by Gasteiger charge is -2.33. The van der Waals surface area contributed by atoms with E-state index in [9.17, 15) is 82.4 Å². The van der Waals surface area contributed by atoms with E-state index in [1.807, 2.05) is 13.8 Å². The molecule has 0 radical (unpaired) electrons. The first-order valence-corrected chi connectivity index (χ1v) is 41.6. The standard InChI is InChI=1S/C79H130N18O18S2/c1-43(2)36-51(83)66(101)85-52(22-13-16-32-80)68(103)93-60(41-116)75(110)88-55(30-31-63(84)100)69(104)86-53(23-14-17-33-81)67(102)89-57(38-45(5)6)74(109)95-64(46(7)8)78(113)97-35-19-25-62(97)76(111)92-56(37-44(3)4)71(106)90-58(39-48-20-11-10-12-21-48)73(108)91-59(40-49-26-28-50(99)29-27-49)72(107)87-54(24-15-18-34-82)70(105)96-65(47(9)98)77(112)94-61(42-117)79(114)115/h10-12,20-21,26-29,43-47,51-62,64-65,98-99,116-117H,13-19,22-25,30-42,80-83H2,1-9H3,(H2,84,100)(H,85,101)(H,86,104)(H,87,107)(H,88,110)(H,89,102)(H,90,106)(H,91,108)(H,92,111)(H,93,103)(H,94,112)(H,95,109)(H,96,105)(H,114,115)/t47-,51+,52+,53+,54+,55+,56+,57+,58+,59+,60+,61+,62+,64+,65+/m1/s1. The first-order chi connectivity index (χ1) is 55.3. The van der Waals surface area contributed by atoms with E-state index in [0.717, 1.165) is 0 Å². The highest BCUT2D eigenvalue weighted by molar-refractivity contribution is 7.80. The summed E-state index contributed by atoms with van der Waals surface area (Å²) in [5.74, 6) is -15.0. The van der Waals surface area contributed by atoms with E-state index in [4.69, 9.17) is 28.7 Å². The quantitative estimate of drug-likeness (QED) is 0.0254. The minimum atomic E-state index is -1.71. The number of phenols is 1. The van der Waals surface area contributed by atoms with Crippen LogP contribution in [0.3, 0.4) is 0 Å². The second kappa shape index (κ2) is 53.3. The van der Waals surface area contributed by atoms with Gasteiger partial charge >= 0.3 is 5.97 Å². The average molecular weight is 1680 g/mol. The van der Waals surface area contributed by atoms with Crippen molar-refractivity contribution in [3.05, 3.63) is 65.7 Å². The number of aliphatic carboxylic acids is 1. The normalized spacial score (nSPS) is 16.3. The smallest absolute Gasteiger partial charge is 0.327 e. The number of likely N-dealkylation sites (tertiary alicyclic amines) is 1. The number of thiol groups is 2. The van der Waals surface area contributed by atoms with Crippen LogP contribution in [0.5, 0.6) is 5.75 Å². The van der Waals surface area contributed by atoms with Crippen LogP contribution < -0.4 is 92.5 Å². The Morgan fingerprint density at radius 3 is 1.23 bits per heavy atom. The van der Waals surface area contributed by atoms with Gasteiger partial charge in [-0.05, 0) is 170 Å². The van der Waals surface area contributed by atoms with Gasteiger partial charge in [-0.3, -0.25) is 67.1 Å². The fraction of sp³-hybridized carbons (Fsp3) is 0.658. The number of carbonyl (C=O) groups is 15. The van der Waals surface area contributed by atoms with Gasteiger partial charge in [0.15, 0.2) is 0 Å². The molecule has 0 saturated carbocycles. The van der Waals surface area contributed by atoms with Crippen LogP contribution >= 0.6 is 25.3 Å². The zero-order chi connectivity index (χ0) is 87.8.